The molecule has 2 unspecified atom stereocenters. The lowest BCUT2D eigenvalue weighted by Gasteiger charge is -2.18. The second kappa shape index (κ2) is 7.60. The average molecular weight is 172 g/mol. The minimum atomic E-state index is 0.356. The summed E-state index contributed by atoms with van der Waals surface area (Å²) in [6.07, 6.45) is 6.09. The molecular formula is C11H24O. The van der Waals surface area contributed by atoms with E-state index in [1.807, 2.05) is 0 Å². The molecule has 0 aromatic carbocycles. The lowest BCUT2D eigenvalue weighted by atomic mass is 9.88. The molecule has 74 valence electrons. The number of hydrogen-bond acceptors (Lipinski definition) is 1. The van der Waals surface area contributed by atoms with Gasteiger partial charge in [0.1, 0.15) is 0 Å². The molecule has 0 fully saturated rings. The van der Waals surface area contributed by atoms with Crippen LogP contribution in [0.2, 0.25) is 0 Å². The number of hydrogen-bond donors (Lipinski definition) is 1. The molecule has 1 heteroatoms. The maximum absolute atomic E-state index is 8.62. The van der Waals surface area contributed by atoms with Crippen molar-refractivity contribution in [2.24, 2.45) is 11.8 Å². The van der Waals surface area contributed by atoms with Crippen molar-refractivity contribution in [1.29, 1.82) is 0 Å². The zero-order valence-electron chi connectivity index (χ0n) is 8.84. The highest BCUT2D eigenvalue weighted by Gasteiger charge is 2.09. The second-order valence-electron chi connectivity index (χ2n) is 3.96. The van der Waals surface area contributed by atoms with Crippen LogP contribution in [0.1, 0.15) is 52.9 Å². The first kappa shape index (κ1) is 12.0. The van der Waals surface area contributed by atoms with Crippen LogP contribution in [0, 0.1) is 11.8 Å². The Labute approximate surface area is 77.2 Å². The van der Waals surface area contributed by atoms with Gasteiger partial charge >= 0.3 is 0 Å². The van der Waals surface area contributed by atoms with E-state index in [-0.39, 0.29) is 0 Å². The molecule has 0 bridgehead atoms. The van der Waals surface area contributed by atoms with E-state index in [0.29, 0.717) is 6.61 Å². The fraction of sp³-hybridized carbons (Fsp3) is 1.00. The molecule has 0 rings (SSSR count). The molecular weight excluding hydrogens is 148 g/mol. The van der Waals surface area contributed by atoms with Crippen LogP contribution in [-0.2, 0) is 0 Å². The summed E-state index contributed by atoms with van der Waals surface area (Å²) in [5, 5.41) is 8.62. The van der Waals surface area contributed by atoms with E-state index in [1.54, 1.807) is 0 Å². The van der Waals surface area contributed by atoms with Crippen LogP contribution in [0.15, 0.2) is 0 Å². The third kappa shape index (κ3) is 5.59. The van der Waals surface area contributed by atoms with Crippen LogP contribution in [0.25, 0.3) is 0 Å². The molecule has 0 radical (unpaired) electrons. The molecule has 1 N–H and O–H groups in total. The Morgan fingerprint density at radius 3 is 2.08 bits per heavy atom. The molecule has 12 heavy (non-hydrogen) atoms. The third-order valence-electron chi connectivity index (χ3n) is 2.78. The first-order valence-electron chi connectivity index (χ1n) is 5.33. The lowest BCUT2D eigenvalue weighted by Crippen LogP contribution is -2.07. The molecule has 1 nitrogen and oxygen atoms in total. The molecule has 0 saturated heterocycles. The molecule has 0 saturated carbocycles. The number of aliphatic hydroxyl groups is 1. The second-order valence-corrected chi connectivity index (χ2v) is 3.96. The van der Waals surface area contributed by atoms with Crippen molar-refractivity contribution >= 4 is 0 Å². The predicted octanol–water partition coefficient (Wildman–Crippen LogP) is 3.22. The first-order valence-corrected chi connectivity index (χ1v) is 5.33. The Bertz CT molecular complexity index is 91.0. The number of aliphatic hydroxyl groups excluding tert-OH is 1. The van der Waals surface area contributed by atoms with Gasteiger partial charge in [0.2, 0.25) is 0 Å². The fourth-order valence-electron chi connectivity index (χ4n) is 1.60. The van der Waals surface area contributed by atoms with Crippen LogP contribution in [0.3, 0.4) is 0 Å². The number of unbranched alkanes of at least 4 members (excludes halogenated alkanes) is 1. The van der Waals surface area contributed by atoms with E-state index >= 15 is 0 Å². The van der Waals surface area contributed by atoms with Gasteiger partial charge in [-0.05, 0) is 18.3 Å². The van der Waals surface area contributed by atoms with Crippen LogP contribution >= 0.6 is 0 Å². The van der Waals surface area contributed by atoms with Crippen molar-refractivity contribution in [2.75, 3.05) is 6.61 Å². The van der Waals surface area contributed by atoms with Crippen molar-refractivity contribution in [2.45, 2.75) is 52.9 Å². The Morgan fingerprint density at radius 1 is 1.00 bits per heavy atom. The van der Waals surface area contributed by atoms with E-state index in [4.69, 9.17) is 5.11 Å². The Kier molecular flexibility index (Phi) is 7.58. The van der Waals surface area contributed by atoms with Gasteiger partial charge in [0, 0.05) is 6.61 Å². The standard InChI is InChI=1S/C11H24O/c1-4-7-10(2)11(3)8-5-6-9-12/h10-12H,4-9H2,1-3H3. The summed E-state index contributed by atoms with van der Waals surface area (Å²) in [4.78, 5) is 0. The summed E-state index contributed by atoms with van der Waals surface area (Å²) in [5.41, 5.74) is 0. The van der Waals surface area contributed by atoms with Gasteiger partial charge in [-0.2, -0.15) is 0 Å². The normalized spacial score (nSPS) is 16.0. The van der Waals surface area contributed by atoms with Gasteiger partial charge in [-0.15, -0.1) is 0 Å². The zero-order chi connectivity index (χ0) is 9.40. The first-order chi connectivity index (χ1) is 5.72. The molecule has 0 aliphatic carbocycles. The quantitative estimate of drug-likeness (QED) is 0.585. The fourth-order valence-corrected chi connectivity index (χ4v) is 1.60. The summed E-state index contributed by atoms with van der Waals surface area (Å²) in [5.74, 6) is 1.69. The van der Waals surface area contributed by atoms with Gasteiger partial charge in [0.25, 0.3) is 0 Å². The Morgan fingerprint density at radius 2 is 1.58 bits per heavy atom. The highest BCUT2D eigenvalue weighted by atomic mass is 16.2. The van der Waals surface area contributed by atoms with Gasteiger partial charge in [-0.25, -0.2) is 0 Å². The molecule has 0 aromatic rings. The van der Waals surface area contributed by atoms with Gasteiger partial charge in [0.15, 0.2) is 0 Å². The minimum Gasteiger partial charge on any atom is -0.396 e. The van der Waals surface area contributed by atoms with Crippen molar-refractivity contribution in [3.63, 3.8) is 0 Å². The zero-order valence-corrected chi connectivity index (χ0v) is 8.84. The van der Waals surface area contributed by atoms with Crippen molar-refractivity contribution < 1.29 is 5.11 Å². The molecule has 0 spiro atoms. The van der Waals surface area contributed by atoms with E-state index in [1.165, 1.54) is 25.7 Å². The summed E-state index contributed by atoms with van der Waals surface area (Å²) in [6.45, 7) is 7.27. The van der Waals surface area contributed by atoms with Crippen LogP contribution in [0.4, 0.5) is 0 Å². The minimum absolute atomic E-state index is 0.356. The molecule has 0 heterocycles. The SMILES string of the molecule is CCCC(C)C(C)CCCCO. The smallest absolute Gasteiger partial charge is 0.0431 e. The number of rotatable bonds is 7. The van der Waals surface area contributed by atoms with Crippen LogP contribution in [0.5, 0.6) is 0 Å². The van der Waals surface area contributed by atoms with E-state index in [0.717, 1.165) is 18.3 Å². The topological polar surface area (TPSA) is 20.2 Å². The average Bonchev–Trinajstić information content (AvgIpc) is 2.05. The van der Waals surface area contributed by atoms with Crippen LogP contribution < -0.4 is 0 Å². The monoisotopic (exact) mass is 172 g/mol. The van der Waals surface area contributed by atoms with Crippen molar-refractivity contribution in [3.05, 3.63) is 0 Å². The highest BCUT2D eigenvalue weighted by Crippen LogP contribution is 2.21. The summed E-state index contributed by atoms with van der Waals surface area (Å²) < 4.78 is 0. The van der Waals surface area contributed by atoms with Gasteiger partial charge < -0.3 is 5.11 Å². The Balaban J connectivity index is 3.35. The maximum Gasteiger partial charge on any atom is 0.0431 e. The molecule has 0 aliphatic heterocycles. The van der Waals surface area contributed by atoms with Crippen molar-refractivity contribution in [3.8, 4) is 0 Å². The molecule has 2 atom stereocenters. The van der Waals surface area contributed by atoms with Gasteiger partial charge in [-0.1, -0.05) is 46.5 Å². The van der Waals surface area contributed by atoms with Gasteiger partial charge in [-0.3, -0.25) is 0 Å². The van der Waals surface area contributed by atoms with Crippen LogP contribution in [-0.4, -0.2) is 11.7 Å². The lowest BCUT2D eigenvalue weighted by molar-refractivity contribution is 0.267. The molecule has 0 amide bonds. The summed E-state index contributed by atoms with van der Waals surface area (Å²) in [6, 6.07) is 0. The molecule has 0 aliphatic rings. The summed E-state index contributed by atoms with van der Waals surface area (Å²) in [7, 11) is 0. The van der Waals surface area contributed by atoms with E-state index in [9.17, 15) is 0 Å². The summed E-state index contributed by atoms with van der Waals surface area (Å²) >= 11 is 0. The Hall–Kier alpha value is -0.0400. The predicted molar refractivity (Wildman–Crippen MR) is 54.2 cm³/mol. The van der Waals surface area contributed by atoms with E-state index in [2.05, 4.69) is 20.8 Å². The van der Waals surface area contributed by atoms with Crippen molar-refractivity contribution in [1.82, 2.24) is 0 Å². The highest BCUT2D eigenvalue weighted by molar-refractivity contribution is 4.61. The largest absolute Gasteiger partial charge is 0.396 e. The van der Waals surface area contributed by atoms with Gasteiger partial charge in [0.05, 0.1) is 0 Å². The molecule has 0 aromatic heterocycles. The van der Waals surface area contributed by atoms with E-state index < -0.39 is 0 Å². The third-order valence-corrected chi connectivity index (χ3v) is 2.78. The maximum atomic E-state index is 8.62.